The Bertz CT molecular complexity index is 430. The third kappa shape index (κ3) is 4.57. The molecule has 0 aromatic heterocycles. The predicted octanol–water partition coefficient (Wildman–Crippen LogP) is 5.09. The quantitative estimate of drug-likeness (QED) is 0.737. The second-order valence-corrected chi connectivity index (χ2v) is 7.99. The van der Waals surface area contributed by atoms with Crippen LogP contribution < -0.4 is 5.32 Å². The van der Waals surface area contributed by atoms with E-state index < -0.39 is 0 Å². The van der Waals surface area contributed by atoms with Crippen molar-refractivity contribution in [2.75, 3.05) is 6.54 Å². The Hall–Kier alpha value is -0.820. The molecule has 1 saturated carbocycles. The van der Waals surface area contributed by atoms with Crippen LogP contribution in [0.3, 0.4) is 0 Å². The van der Waals surface area contributed by atoms with Crippen LogP contribution in [0.25, 0.3) is 0 Å². The summed E-state index contributed by atoms with van der Waals surface area (Å²) in [5, 5.41) is 3.76. The Balaban J connectivity index is 2.04. The van der Waals surface area contributed by atoms with Crippen LogP contribution in [0, 0.1) is 5.41 Å². The summed E-state index contributed by atoms with van der Waals surface area (Å²) in [6.45, 7) is 12.7. The van der Waals surface area contributed by atoms with E-state index in [9.17, 15) is 0 Å². The van der Waals surface area contributed by atoms with Crippen molar-refractivity contribution in [1.82, 2.24) is 5.32 Å². The summed E-state index contributed by atoms with van der Waals surface area (Å²) in [4.78, 5) is 0. The van der Waals surface area contributed by atoms with Crippen LogP contribution in [0.4, 0.5) is 0 Å². The monoisotopic (exact) mass is 287 g/mol. The fourth-order valence-electron chi connectivity index (χ4n) is 3.02. The van der Waals surface area contributed by atoms with Gasteiger partial charge in [-0.2, -0.15) is 0 Å². The van der Waals surface area contributed by atoms with Crippen LogP contribution in [0.15, 0.2) is 24.3 Å². The molecule has 1 aromatic carbocycles. The summed E-state index contributed by atoms with van der Waals surface area (Å²) >= 11 is 0. The van der Waals surface area contributed by atoms with E-state index in [-0.39, 0.29) is 5.41 Å². The van der Waals surface area contributed by atoms with Crippen LogP contribution in [-0.2, 0) is 11.8 Å². The molecule has 0 amide bonds. The summed E-state index contributed by atoms with van der Waals surface area (Å²) in [6, 6.07) is 10.1. The van der Waals surface area contributed by atoms with Gasteiger partial charge in [-0.05, 0) is 54.1 Å². The Labute approximate surface area is 131 Å². The molecule has 118 valence electrons. The number of rotatable bonds is 7. The molecule has 0 aliphatic heterocycles. The zero-order valence-electron chi connectivity index (χ0n) is 14.6. The first-order chi connectivity index (χ1) is 9.88. The van der Waals surface area contributed by atoms with E-state index in [0.717, 1.165) is 6.04 Å². The first-order valence-corrected chi connectivity index (χ1v) is 8.71. The van der Waals surface area contributed by atoms with Gasteiger partial charge in [-0.15, -0.1) is 0 Å². The van der Waals surface area contributed by atoms with E-state index in [2.05, 4.69) is 64.2 Å². The molecule has 1 aliphatic carbocycles. The van der Waals surface area contributed by atoms with E-state index in [0.29, 0.717) is 5.41 Å². The molecule has 2 rings (SSSR count). The Kier molecular flexibility index (Phi) is 5.14. The SMILES string of the molecule is CCC(CC)(CNC1CC1)Cc1ccc(C(C)(C)C)cc1. The molecule has 0 saturated heterocycles. The normalized spacial score (nSPS) is 16.2. The minimum atomic E-state index is 0.249. The molecule has 1 heteroatoms. The summed E-state index contributed by atoms with van der Waals surface area (Å²) in [5.41, 5.74) is 3.59. The Morgan fingerprint density at radius 3 is 2.00 bits per heavy atom. The summed E-state index contributed by atoms with van der Waals surface area (Å²) in [6.07, 6.45) is 6.46. The van der Waals surface area contributed by atoms with Crippen molar-refractivity contribution in [2.24, 2.45) is 5.41 Å². The lowest BCUT2D eigenvalue weighted by molar-refractivity contribution is 0.245. The molecule has 1 fully saturated rings. The molecule has 0 unspecified atom stereocenters. The smallest absolute Gasteiger partial charge is 0.00684 e. The second-order valence-electron chi connectivity index (χ2n) is 7.99. The molecule has 0 bridgehead atoms. The van der Waals surface area contributed by atoms with Gasteiger partial charge in [-0.3, -0.25) is 0 Å². The van der Waals surface area contributed by atoms with Gasteiger partial charge in [-0.1, -0.05) is 58.9 Å². The van der Waals surface area contributed by atoms with Crippen molar-refractivity contribution in [3.63, 3.8) is 0 Å². The van der Waals surface area contributed by atoms with E-state index >= 15 is 0 Å². The predicted molar refractivity (Wildman–Crippen MR) is 92.9 cm³/mol. The van der Waals surface area contributed by atoms with Gasteiger partial charge >= 0.3 is 0 Å². The molecule has 21 heavy (non-hydrogen) atoms. The van der Waals surface area contributed by atoms with Crippen molar-refractivity contribution in [1.29, 1.82) is 0 Å². The van der Waals surface area contributed by atoms with Crippen LogP contribution in [-0.4, -0.2) is 12.6 Å². The van der Waals surface area contributed by atoms with Gasteiger partial charge in [0.25, 0.3) is 0 Å². The van der Waals surface area contributed by atoms with Crippen LogP contribution in [0.5, 0.6) is 0 Å². The van der Waals surface area contributed by atoms with Crippen molar-refractivity contribution < 1.29 is 0 Å². The fourth-order valence-corrected chi connectivity index (χ4v) is 3.02. The summed E-state index contributed by atoms with van der Waals surface area (Å²) < 4.78 is 0. The maximum absolute atomic E-state index is 3.76. The van der Waals surface area contributed by atoms with Gasteiger partial charge < -0.3 is 5.32 Å². The van der Waals surface area contributed by atoms with Crippen LogP contribution in [0.1, 0.15) is 71.4 Å². The zero-order valence-corrected chi connectivity index (χ0v) is 14.6. The van der Waals surface area contributed by atoms with E-state index in [4.69, 9.17) is 0 Å². The number of benzene rings is 1. The third-order valence-corrected chi connectivity index (χ3v) is 5.24. The van der Waals surface area contributed by atoms with E-state index in [1.165, 1.54) is 49.8 Å². The molecule has 0 radical (unpaired) electrons. The maximum atomic E-state index is 3.76. The fraction of sp³-hybridized carbons (Fsp3) is 0.700. The minimum absolute atomic E-state index is 0.249. The first kappa shape index (κ1) is 16.5. The highest BCUT2D eigenvalue weighted by atomic mass is 15.0. The molecule has 0 spiro atoms. The first-order valence-electron chi connectivity index (χ1n) is 8.71. The molecule has 1 nitrogen and oxygen atoms in total. The zero-order chi connectivity index (χ0) is 15.5. The highest BCUT2D eigenvalue weighted by Crippen LogP contribution is 2.32. The van der Waals surface area contributed by atoms with Gasteiger partial charge in [0.15, 0.2) is 0 Å². The molecular formula is C20H33N. The van der Waals surface area contributed by atoms with Gasteiger partial charge in [0.2, 0.25) is 0 Å². The number of nitrogens with one attached hydrogen (secondary N) is 1. The maximum Gasteiger partial charge on any atom is 0.00684 e. The molecule has 0 heterocycles. The number of hydrogen-bond donors (Lipinski definition) is 1. The van der Waals surface area contributed by atoms with Crippen molar-refractivity contribution in [2.45, 2.75) is 78.2 Å². The minimum Gasteiger partial charge on any atom is -0.313 e. The average molecular weight is 287 g/mol. The van der Waals surface area contributed by atoms with Gasteiger partial charge in [0, 0.05) is 12.6 Å². The molecule has 1 aromatic rings. The molecule has 1 N–H and O–H groups in total. The van der Waals surface area contributed by atoms with Crippen LogP contribution in [0.2, 0.25) is 0 Å². The van der Waals surface area contributed by atoms with Crippen molar-refractivity contribution >= 4 is 0 Å². The van der Waals surface area contributed by atoms with Crippen molar-refractivity contribution in [3.05, 3.63) is 35.4 Å². The van der Waals surface area contributed by atoms with E-state index in [1.807, 2.05) is 0 Å². The van der Waals surface area contributed by atoms with Crippen molar-refractivity contribution in [3.8, 4) is 0 Å². The average Bonchev–Trinajstić information content (AvgIpc) is 3.27. The summed E-state index contributed by atoms with van der Waals surface area (Å²) in [7, 11) is 0. The topological polar surface area (TPSA) is 12.0 Å². The lowest BCUT2D eigenvalue weighted by atomic mass is 9.76. The van der Waals surface area contributed by atoms with Gasteiger partial charge in [0.05, 0.1) is 0 Å². The van der Waals surface area contributed by atoms with E-state index in [1.54, 1.807) is 0 Å². The second kappa shape index (κ2) is 6.52. The highest BCUT2D eigenvalue weighted by molar-refractivity contribution is 5.28. The molecule has 1 aliphatic rings. The Morgan fingerprint density at radius 2 is 1.57 bits per heavy atom. The number of hydrogen-bond acceptors (Lipinski definition) is 1. The lowest BCUT2D eigenvalue weighted by Crippen LogP contribution is -2.36. The lowest BCUT2D eigenvalue weighted by Gasteiger charge is -2.33. The summed E-state index contributed by atoms with van der Waals surface area (Å²) in [5.74, 6) is 0. The standard InChI is InChI=1S/C20H33N/c1-6-20(7-2,15-21-18-12-13-18)14-16-8-10-17(11-9-16)19(3,4)5/h8-11,18,21H,6-7,12-15H2,1-5H3. The Morgan fingerprint density at radius 1 is 1.00 bits per heavy atom. The third-order valence-electron chi connectivity index (χ3n) is 5.24. The highest BCUT2D eigenvalue weighted by Gasteiger charge is 2.30. The van der Waals surface area contributed by atoms with Gasteiger partial charge in [-0.25, -0.2) is 0 Å². The van der Waals surface area contributed by atoms with Gasteiger partial charge in [0.1, 0.15) is 0 Å². The van der Waals surface area contributed by atoms with Crippen LogP contribution >= 0.6 is 0 Å². The molecule has 0 atom stereocenters. The molecular weight excluding hydrogens is 254 g/mol. The largest absolute Gasteiger partial charge is 0.313 e.